The van der Waals surface area contributed by atoms with Crippen molar-refractivity contribution in [3.8, 4) is 0 Å². The monoisotopic (exact) mass is 581 g/mol. The second-order valence-electron chi connectivity index (χ2n) is 10.2. The number of benzene rings is 2. The molecule has 0 radical (unpaired) electrons. The highest BCUT2D eigenvalue weighted by Crippen LogP contribution is 2.46. The third-order valence-electron chi connectivity index (χ3n) is 7.79. The molecule has 1 fully saturated rings. The van der Waals surface area contributed by atoms with Crippen LogP contribution in [0, 0.1) is 17.8 Å². The average molecular weight is 582 g/mol. The minimum atomic E-state index is -4.41. The van der Waals surface area contributed by atoms with Crippen molar-refractivity contribution < 1.29 is 26.4 Å². The molecule has 2 aliphatic carbocycles. The van der Waals surface area contributed by atoms with Crippen LogP contribution in [-0.2, 0) is 40.1 Å². The lowest BCUT2D eigenvalue weighted by atomic mass is 9.85. The number of carbonyl (C=O) groups is 1. The Morgan fingerprint density at radius 3 is 2.29 bits per heavy atom. The molecule has 0 aliphatic heterocycles. The van der Waals surface area contributed by atoms with Crippen LogP contribution in [0.2, 0.25) is 4.34 Å². The number of amides is 1. The van der Waals surface area contributed by atoms with Gasteiger partial charge in [-0.1, -0.05) is 29.8 Å². The normalized spacial score (nSPS) is 21.1. The lowest BCUT2D eigenvalue weighted by molar-refractivity contribution is -0.137. The quantitative estimate of drug-likeness (QED) is 0.321. The zero-order valence-corrected chi connectivity index (χ0v) is 22.8. The summed E-state index contributed by atoms with van der Waals surface area (Å²) in [5.74, 6) is 0.968. The number of nitrogens with one attached hydrogen (secondary N) is 1. The molecule has 202 valence electrons. The summed E-state index contributed by atoms with van der Waals surface area (Å²) in [6.07, 6.45) is 0.0676. The SMILES string of the molecule is O=C(Cc1ccc(C(F)(F)F)cc1)Nc1ccc2c(c1)CC1CCC(C2)C1CCS(=O)(=O)c1ccc(Cl)s1. The van der Waals surface area contributed by atoms with Crippen LogP contribution in [-0.4, -0.2) is 20.1 Å². The number of alkyl halides is 3. The lowest BCUT2D eigenvalue weighted by Gasteiger charge is -2.22. The molecule has 10 heteroatoms. The van der Waals surface area contributed by atoms with Crippen LogP contribution in [0.1, 0.15) is 41.5 Å². The number of halogens is 4. The van der Waals surface area contributed by atoms with Crippen LogP contribution in [0.3, 0.4) is 0 Å². The maximum atomic E-state index is 12.8. The molecule has 0 saturated heterocycles. The number of anilines is 1. The van der Waals surface area contributed by atoms with Crippen molar-refractivity contribution in [2.45, 2.75) is 48.9 Å². The van der Waals surface area contributed by atoms with Crippen molar-refractivity contribution in [3.05, 3.63) is 81.2 Å². The van der Waals surface area contributed by atoms with Gasteiger partial charge in [-0.2, -0.15) is 13.2 Å². The number of carbonyl (C=O) groups excluding carboxylic acids is 1. The number of rotatable bonds is 7. The smallest absolute Gasteiger partial charge is 0.326 e. The molecule has 2 aromatic carbocycles. The number of thiophene rings is 1. The van der Waals surface area contributed by atoms with Gasteiger partial charge in [0.1, 0.15) is 4.21 Å². The van der Waals surface area contributed by atoms with Gasteiger partial charge < -0.3 is 5.32 Å². The summed E-state index contributed by atoms with van der Waals surface area (Å²) < 4.78 is 64.8. The molecule has 1 N–H and O–H groups in total. The van der Waals surface area contributed by atoms with Crippen molar-refractivity contribution in [3.63, 3.8) is 0 Å². The van der Waals surface area contributed by atoms with E-state index in [1.165, 1.54) is 23.3 Å². The summed E-state index contributed by atoms with van der Waals surface area (Å²) in [5, 5.41) is 2.88. The second-order valence-corrected chi connectivity index (χ2v) is 14.3. The Labute approximate surface area is 229 Å². The zero-order chi connectivity index (χ0) is 27.1. The van der Waals surface area contributed by atoms with E-state index < -0.39 is 21.6 Å². The zero-order valence-electron chi connectivity index (χ0n) is 20.4. The summed E-state index contributed by atoms with van der Waals surface area (Å²) in [5.41, 5.74) is 2.82. The molecule has 3 atom stereocenters. The fraction of sp³-hybridized carbons (Fsp3) is 0.393. The first-order valence-corrected chi connectivity index (χ1v) is 15.4. The molecule has 1 saturated carbocycles. The van der Waals surface area contributed by atoms with E-state index in [9.17, 15) is 26.4 Å². The summed E-state index contributed by atoms with van der Waals surface area (Å²) >= 11 is 7.04. The summed E-state index contributed by atoms with van der Waals surface area (Å²) in [6, 6.07) is 13.7. The molecule has 38 heavy (non-hydrogen) atoms. The van der Waals surface area contributed by atoms with E-state index in [1.54, 1.807) is 12.1 Å². The Hall–Kier alpha value is -2.36. The van der Waals surface area contributed by atoms with Gasteiger partial charge in [-0.3, -0.25) is 4.79 Å². The van der Waals surface area contributed by atoms with Gasteiger partial charge in [0.2, 0.25) is 5.91 Å². The number of hydrogen-bond donors (Lipinski definition) is 1. The first-order chi connectivity index (χ1) is 18.0. The highest BCUT2D eigenvalue weighted by molar-refractivity contribution is 7.93. The van der Waals surface area contributed by atoms with Gasteiger partial charge in [0.05, 0.1) is 22.1 Å². The predicted molar refractivity (Wildman–Crippen MR) is 143 cm³/mol. The van der Waals surface area contributed by atoms with Gasteiger partial charge in [0, 0.05) is 5.69 Å². The van der Waals surface area contributed by atoms with Crippen LogP contribution < -0.4 is 5.32 Å². The van der Waals surface area contributed by atoms with Crippen LogP contribution in [0.5, 0.6) is 0 Å². The highest BCUT2D eigenvalue weighted by Gasteiger charge is 2.39. The topological polar surface area (TPSA) is 63.2 Å². The van der Waals surface area contributed by atoms with Crippen molar-refractivity contribution >= 4 is 44.4 Å². The molecular formula is C28H27ClF3NO3S2. The molecule has 2 aliphatic rings. The van der Waals surface area contributed by atoms with Crippen LogP contribution in [0.25, 0.3) is 0 Å². The Bertz CT molecular complexity index is 1430. The molecule has 4 nitrogen and oxygen atoms in total. The molecule has 3 aromatic rings. The standard InChI is InChI=1S/C28H27ClF3NO3S2/c29-25-9-10-27(37-25)38(35,36)12-11-24-19-3-4-20(24)15-21-16-23(8-5-18(21)14-19)33-26(34)13-17-1-6-22(7-2-17)28(30,31)32/h1-2,5-10,16,19-20,24H,3-4,11-15H2,(H,33,34). The summed E-state index contributed by atoms with van der Waals surface area (Å²) in [4.78, 5) is 12.6. The Kier molecular flexibility index (Phi) is 7.64. The van der Waals surface area contributed by atoms with Crippen molar-refractivity contribution in [2.24, 2.45) is 17.8 Å². The Morgan fingerprint density at radius 1 is 0.974 bits per heavy atom. The number of hydrogen-bond acceptors (Lipinski definition) is 4. The van der Waals surface area contributed by atoms with E-state index in [0.29, 0.717) is 44.0 Å². The fourth-order valence-electron chi connectivity index (χ4n) is 5.94. The van der Waals surface area contributed by atoms with E-state index in [-0.39, 0.29) is 18.1 Å². The number of sulfone groups is 1. The van der Waals surface area contributed by atoms with Crippen LogP contribution in [0.15, 0.2) is 58.8 Å². The maximum Gasteiger partial charge on any atom is 0.416 e. The molecular weight excluding hydrogens is 555 g/mol. The molecule has 1 amide bonds. The predicted octanol–water partition coefficient (Wildman–Crippen LogP) is 7.21. The van der Waals surface area contributed by atoms with E-state index in [0.717, 1.165) is 49.2 Å². The van der Waals surface area contributed by atoms with E-state index in [1.807, 2.05) is 18.2 Å². The molecule has 0 spiro atoms. The first kappa shape index (κ1) is 27.2. The molecule has 5 rings (SSSR count). The average Bonchev–Trinajstić information content (AvgIpc) is 3.40. The van der Waals surface area contributed by atoms with Gasteiger partial charge in [-0.05, 0) is 103 Å². The summed E-state index contributed by atoms with van der Waals surface area (Å²) in [6.45, 7) is 0. The largest absolute Gasteiger partial charge is 0.416 e. The minimum absolute atomic E-state index is 0.0219. The van der Waals surface area contributed by atoms with Gasteiger partial charge in [0.25, 0.3) is 0 Å². The highest BCUT2D eigenvalue weighted by atomic mass is 35.5. The van der Waals surface area contributed by atoms with Crippen molar-refractivity contribution in [2.75, 3.05) is 11.1 Å². The first-order valence-electron chi connectivity index (χ1n) is 12.5. The van der Waals surface area contributed by atoms with Crippen LogP contribution in [0.4, 0.5) is 18.9 Å². The Balaban J connectivity index is 1.22. The van der Waals surface area contributed by atoms with Crippen molar-refractivity contribution in [1.82, 2.24) is 0 Å². The number of fused-ring (bicyclic) bond motifs is 3. The van der Waals surface area contributed by atoms with E-state index in [4.69, 9.17) is 11.6 Å². The van der Waals surface area contributed by atoms with Gasteiger partial charge >= 0.3 is 6.18 Å². The minimum Gasteiger partial charge on any atom is -0.326 e. The fourth-order valence-corrected chi connectivity index (χ4v) is 8.94. The Morgan fingerprint density at radius 2 is 1.66 bits per heavy atom. The van der Waals surface area contributed by atoms with E-state index in [2.05, 4.69) is 5.32 Å². The van der Waals surface area contributed by atoms with Gasteiger partial charge in [-0.25, -0.2) is 8.42 Å². The van der Waals surface area contributed by atoms with Gasteiger partial charge in [-0.15, -0.1) is 11.3 Å². The van der Waals surface area contributed by atoms with E-state index >= 15 is 0 Å². The maximum absolute atomic E-state index is 12.8. The summed E-state index contributed by atoms with van der Waals surface area (Å²) in [7, 11) is -3.36. The molecule has 1 aromatic heterocycles. The lowest BCUT2D eigenvalue weighted by Crippen LogP contribution is -2.20. The third-order valence-corrected chi connectivity index (χ3v) is 11.4. The van der Waals surface area contributed by atoms with Crippen LogP contribution >= 0.6 is 22.9 Å². The molecule has 2 bridgehead atoms. The van der Waals surface area contributed by atoms with Gasteiger partial charge in [0.15, 0.2) is 9.84 Å². The second kappa shape index (κ2) is 10.7. The molecule has 3 unspecified atom stereocenters. The van der Waals surface area contributed by atoms with Crippen molar-refractivity contribution in [1.29, 1.82) is 0 Å². The third kappa shape index (κ3) is 6.10. The molecule has 1 heterocycles.